The van der Waals surface area contributed by atoms with Crippen LogP contribution in [0.2, 0.25) is 0 Å². The molecule has 4 fully saturated rings. The number of alkyl halides is 3. The molecule has 6 nitrogen and oxygen atoms in total. The number of carbonyl (C=O) groups excluding carboxylic acids is 1. The predicted octanol–water partition coefficient (Wildman–Crippen LogP) is 3.83. The maximum atomic E-state index is 13.5. The molecule has 0 radical (unpaired) electrons. The molecular formula is C22H23F4N3O3. The Morgan fingerprint density at radius 3 is 2.62 bits per heavy atom. The van der Waals surface area contributed by atoms with Gasteiger partial charge in [0.2, 0.25) is 5.91 Å². The third kappa shape index (κ3) is 3.90. The molecule has 1 heterocycles. The van der Waals surface area contributed by atoms with Crippen LogP contribution in [-0.2, 0) is 19.8 Å². The lowest BCUT2D eigenvalue weighted by atomic mass is 9.44. The van der Waals surface area contributed by atoms with Crippen LogP contribution in [0.1, 0.15) is 37.7 Å². The maximum absolute atomic E-state index is 13.5. The predicted molar refractivity (Wildman–Crippen MR) is 105 cm³/mol. The highest BCUT2D eigenvalue weighted by molar-refractivity contribution is 5.79. The van der Waals surface area contributed by atoms with Crippen molar-refractivity contribution in [2.45, 2.75) is 68.7 Å². The summed E-state index contributed by atoms with van der Waals surface area (Å²) >= 11 is 0. The van der Waals surface area contributed by atoms with Crippen molar-refractivity contribution in [2.75, 3.05) is 6.61 Å². The minimum Gasteiger partial charge on any atom is -0.368 e. The van der Waals surface area contributed by atoms with Crippen LogP contribution in [0.25, 0.3) is 11.3 Å². The van der Waals surface area contributed by atoms with Crippen molar-refractivity contribution in [3.63, 3.8) is 0 Å². The highest BCUT2D eigenvalue weighted by Gasteiger charge is 2.69. The zero-order chi connectivity index (χ0) is 22.7. The SMILES string of the molecule is Cc1cc(-c2cn(C34CC(NC(=O)COC5CC(OC(F)(F)F)C5)(C3)C4)cn2)ccc1F. The molecule has 0 unspecified atom stereocenters. The maximum Gasteiger partial charge on any atom is 0.522 e. The summed E-state index contributed by atoms with van der Waals surface area (Å²) in [7, 11) is 0. The first-order valence-electron chi connectivity index (χ1n) is 10.5. The van der Waals surface area contributed by atoms with Gasteiger partial charge in [-0.15, -0.1) is 13.2 Å². The Morgan fingerprint density at radius 1 is 1.25 bits per heavy atom. The fraction of sp³-hybridized carbons (Fsp3) is 0.545. The average molecular weight is 453 g/mol. The smallest absolute Gasteiger partial charge is 0.368 e. The second-order valence-electron chi connectivity index (χ2n) is 9.30. The Morgan fingerprint density at radius 2 is 1.97 bits per heavy atom. The molecule has 2 aromatic rings. The summed E-state index contributed by atoms with van der Waals surface area (Å²) in [6.07, 6.45) is 0.454. The van der Waals surface area contributed by atoms with Crippen molar-refractivity contribution in [1.29, 1.82) is 0 Å². The number of rotatable bonds is 7. The summed E-state index contributed by atoms with van der Waals surface area (Å²) in [5.74, 6) is -0.507. The van der Waals surface area contributed by atoms with Gasteiger partial charge in [-0.1, -0.05) is 0 Å². The van der Waals surface area contributed by atoms with E-state index in [0.29, 0.717) is 5.56 Å². The lowest BCUT2D eigenvalue weighted by Crippen LogP contribution is -2.78. The molecule has 172 valence electrons. The number of carbonyl (C=O) groups is 1. The van der Waals surface area contributed by atoms with Crippen LogP contribution in [0, 0.1) is 12.7 Å². The number of imidazole rings is 1. The van der Waals surface area contributed by atoms with Gasteiger partial charge in [-0.05, 0) is 49.9 Å². The molecule has 1 aromatic heterocycles. The number of aryl methyl sites for hydroxylation is 1. The number of nitrogens with zero attached hydrogens (tertiary/aromatic N) is 2. The molecule has 1 N–H and O–H groups in total. The van der Waals surface area contributed by atoms with Crippen molar-refractivity contribution < 1.29 is 31.8 Å². The minimum absolute atomic E-state index is 0.0649. The fourth-order valence-electron chi connectivity index (χ4n) is 5.14. The van der Waals surface area contributed by atoms with Gasteiger partial charge in [0.15, 0.2) is 0 Å². The summed E-state index contributed by atoms with van der Waals surface area (Å²) in [4.78, 5) is 16.7. The van der Waals surface area contributed by atoms with Gasteiger partial charge < -0.3 is 14.6 Å². The minimum atomic E-state index is -4.64. The molecule has 0 atom stereocenters. The van der Waals surface area contributed by atoms with Crippen molar-refractivity contribution in [3.05, 3.63) is 42.1 Å². The van der Waals surface area contributed by atoms with E-state index in [1.54, 1.807) is 25.4 Å². The lowest BCUT2D eigenvalue weighted by molar-refractivity contribution is -0.357. The Kier molecular flexibility index (Phi) is 4.86. The monoisotopic (exact) mass is 453 g/mol. The first-order valence-corrected chi connectivity index (χ1v) is 10.5. The lowest BCUT2D eigenvalue weighted by Gasteiger charge is -2.70. The van der Waals surface area contributed by atoms with E-state index in [9.17, 15) is 22.4 Å². The average Bonchev–Trinajstić information content (AvgIpc) is 3.10. The Labute approximate surface area is 181 Å². The van der Waals surface area contributed by atoms with E-state index in [2.05, 4.69) is 19.6 Å². The van der Waals surface area contributed by atoms with E-state index in [1.807, 2.05) is 6.20 Å². The molecule has 10 heteroatoms. The quantitative estimate of drug-likeness (QED) is 0.648. The molecule has 0 aliphatic heterocycles. The number of ether oxygens (including phenoxy) is 2. The molecule has 4 saturated carbocycles. The largest absolute Gasteiger partial charge is 0.522 e. The van der Waals surface area contributed by atoms with Crippen LogP contribution in [0.3, 0.4) is 0 Å². The summed E-state index contributed by atoms with van der Waals surface area (Å²) in [6, 6.07) is 4.91. The third-order valence-electron chi connectivity index (χ3n) is 6.79. The third-order valence-corrected chi connectivity index (χ3v) is 6.79. The van der Waals surface area contributed by atoms with E-state index < -0.39 is 12.5 Å². The van der Waals surface area contributed by atoms with Crippen LogP contribution in [0.4, 0.5) is 17.6 Å². The van der Waals surface area contributed by atoms with Crippen LogP contribution in [0.5, 0.6) is 0 Å². The normalized spacial score (nSPS) is 30.8. The molecule has 4 aliphatic carbocycles. The van der Waals surface area contributed by atoms with Gasteiger partial charge in [0.25, 0.3) is 0 Å². The molecule has 1 aromatic carbocycles. The highest BCUT2D eigenvalue weighted by Crippen LogP contribution is 2.65. The van der Waals surface area contributed by atoms with Crippen molar-refractivity contribution >= 4 is 5.91 Å². The van der Waals surface area contributed by atoms with Gasteiger partial charge in [-0.3, -0.25) is 9.53 Å². The molecule has 32 heavy (non-hydrogen) atoms. The number of hydrogen-bond acceptors (Lipinski definition) is 4. The van der Waals surface area contributed by atoms with Crippen molar-refractivity contribution in [1.82, 2.24) is 14.9 Å². The second-order valence-corrected chi connectivity index (χ2v) is 9.30. The Bertz CT molecular complexity index is 1030. The summed E-state index contributed by atoms with van der Waals surface area (Å²) in [6.45, 7) is 1.55. The molecular weight excluding hydrogens is 430 g/mol. The van der Waals surface area contributed by atoms with Crippen LogP contribution in [0.15, 0.2) is 30.7 Å². The molecule has 6 rings (SSSR count). The number of nitrogens with one attached hydrogen (secondary N) is 1. The van der Waals surface area contributed by atoms with Crippen LogP contribution in [-0.4, -0.2) is 46.2 Å². The molecule has 0 spiro atoms. The second kappa shape index (κ2) is 7.28. The van der Waals surface area contributed by atoms with Gasteiger partial charge in [0.1, 0.15) is 12.4 Å². The first-order chi connectivity index (χ1) is 15.0. The van der Waals surface area contributed by atoms with Gasteiger partial charge in [0.05, 0.1) is 29.8 Å². The molecule has 0 saturated heterocycles. The summed E-state index contributed by atoms with van der Waals surface area (Å²) in [5, 5.41) is 3.01. The van der Waals surface area contributed by atoms with Gasteiger partial charge in [0, 0.05) is 30.1 Å². The Balaban J connectivity index is 1.08. The topological polar surface area (TPSA) is 65.4 Å². The van der Waals surface area contributed by atoms with Crippen molar-refractivity contribution in [2.24, 2.45) is 0 Å². The number of halogens is 4. The van der Waals surface area contributed by atoms with Gasteiger partial charge in [-0.25, -0.2) is 9.37 Å². The number of amides is 1. The Hall–Kier alpha value is -2.46. The highest BCUT2D eigenvalue weighted by atomic mass is 19.4. The van der Waals surface area contributed by atoms with Gasteiger partial charge >= 0.3 is 6.36 Å². The van der Waals surface area contributed by atoms with E-state index in [0.717, 1.165) is 30.5 Å². The van der Waals surface area contributed by atoms with Crippen LogP contribution >= 0.6 is 0 Å². The summed E-state index contributed by atoms with van der Waals surface area (Å²) in [5.41, 5.74) is 1.88. The zero-order valence-corrected chi connectivity index (χ0v) is 17.4. The van der Waals surface area contributed by atoms with Crippen molar-refractivity contribution in [3.8, 4) is 11.3 Å². The zero-order valence-electron chi connectivity index (χ0n) is 17.4. The number of benzene rings is 1. The molecule has 1 amide bonds. The number of aromatic nitrogens is 2. The van der Waals surface area contributed by atoms with E-state index in [1.165, 1.54) is 6.07 Å². The van der Waals surface area contributed by atoms with Gasteiger partial charge in [-0.2, -0.15) is 0 Å². The van der Waals surface area contributed by atoms with E-state index >= 15 is 0 Å². The van der Waals surface area contributed by atoms with E-state index in [4.69, 9.17) is 4.74 Å². The molecule has 2 bridgehead atoms. The standard InChI is InChI=1S/C22H23F4N3O3/c1-13-4-14(2-3-17(13)23)18-7-29(12-27-18)21-9-20(10-21,11-21)28-19(30)8-31-15-5-16(6-15)32-22(24,25)26/h2-4,7,12,15-16H,5-6,8-11H2,1H3,(H,28,30). The van der Waals surface area contributed by atoms with Crippen LogP contribution < -0.4 is 5.32 Å². The fourth-order valence-corrected chi connectivity index (χ4v) is 5.14. The number of hydrogen-bond donors (Lipinski definition) is 1. The summed E-state index contributed by atoms with van der Waals surface area (Å²) < 4.78 is 61.3. The van der Waals surface area contributed by atoms with E-state index in [-0.39, 0.29) is 48.4 Å². The molecule has 4 aliphatic rings. The first kappa shape index (κ1) is 21.4.